The normalized spacial score (nSPS) is 9.70. The van der Waals surface area contributed by atoms with Crippen molar-refractivity contribution in [2.75, 3.05) is 11.9 Å². The highest BCUT2D eigenvalue weighted by molar-refractivity contribution is 6.32. The van der Waals surface area contributed by atoms with E-state index in [9.17, 15) is 4.79 Å². The van der Waals surface area contributed by atoms with Crippen molar-refractivity contribution in [2.45, 2.75) is 38.7 Å². The molecule has 3 N–H and O–H groups in total. The summed E-state index contributed by atoms with van der Waals surface area (Å²) in [6.07, 6.45) is 7.93. The van der Waals surface area contributed by atoms with Crippen molar-refractivity contribution in [3.05, 3.63) is 53.3 Å². The Bertz CT molecular complexity index is 673. The highest BCUT2D eigenvalue weighted by Gasteiger charge is 2.07. The third kappa shape index (κ3) is 9.82. The number of unbranched alkanes of at least 4 members (excludes halogenated alkanes) is 3. The Labute approximate surface area is 177 Å². The lowest BCUT2D eigenvalue weighted by Gasteiger charge is -2.10. The second kappa shape index (κ2) is 14.5. The van der Waals surface area contributed by atoms with Gasteiger partial charge in [0, 0.05) is 30.1 Å². The summed E-state index contributed by atoms with van der Waals surface area (Å²) in [5.41, 5.74) is 7.08. The number of hydrogen-bond donors (Lipinski definition) is 2. The third-order valence-corrected chi connectivity index (χ3v) is 3.99. The maximum Gasteiger partial charge on any atom is 0.224 e. The fourth-order valence-corrected chi connectivity index (χ4v) is 2.58. The van der Waals surface area contributed by atoms with Crippen LogP contribution in [0.25, 0.3) is 0 Å². The van der Waals surface area contributed by atoms with Crippen LogP contribution in [-0.2, 0) is 11.4 Å². The van der Waals surface area contributed by atoms with Crippen LogP contribution >= 0.6 is 36.4 Å². The van der Waals surface area contributed by atoms with Gasteiger partial charge in [0.2, 0.25) is 5.91 Å². The molecule has 1 heterocycles. The lowest BCUT2D eigenvalue weighted by atomic mass is 10.1. The quantitative estimate of drug-likeness (QED) is 0.516. The second-order valence-electron chi connectivity index (χ2n) is 5.80. The first-order valence-corrected chi connectivity index (χ1v) is 8.88. The van der Waals surface area contributed by atoms with E-state index in [-0.39, 0.29) is 30.7 Å². The van der Waals surface area contributed by atoms with E-state index in [1.807, 2.05) is 12.1 Å². The number of benzene rings is 1. The fraction of sp³-hybridized carbons (Fsp3) is 0.368. The molecule has 0 spiro atoms. The number of nitrogens with one attached hydrogen (secondary N) is 1. The number of anilines is 1. The Kier molecular flexibility index (Phi) is 13.7. The molecule has 8 heteroatoms. The summed E-state index contributed by atoms with van der Waals surface area (Å²) < 4.78 is 5.69. The van der Waals surface area contributed by atoms with Crippen molar-refractivity contribution in [3.63, 3.8) is 0 Å². The highest BCUT2D eigenvalue weighted by atomic mass is 35.5. The van der Waals surface area contributed by atoms with Gasteiger partial charge in [0.25, 0.3) is 0 Å². The van der Waals surface area contributed by atoms with Gasteiger partial charge in [0.05, 0.1) is 5.02 Å². The lowest BCUT2D eigenvalue weighted by molar-refractivity contribution is -0.116. The molecule has 0 saturated heterocycles. The van der Waals surface area contributed by atoms with Crippen molar-refractivity contribution in [2.24, 2.45) is 5.73 Å². The van der Waals surface area contributed by atoms with Crippen molar-refractivity contribution in [3.8, 4) is 5.75 Å². The van der Waals surface area contributed by atoms with E-state index in [1.54, 1.807) is 30.6 Å². The van der Waals surface area contributed by atoms with Crippen molar-refractivity contribution < 1.29 is 9.53 Å². The lowest BCUT2D eigenvalue weighted by Crippen LogP contribution is -2.11. The van der Waals surface area contributed by atoms with Crippen LogP contribution in [0.15, 0.2) is 42.7 Å². The van der Waals surface area contributed by atoms with Crippen LogP contribution in [0.4, 0.5) is 5.69 Å². The fourth-order valence-electron chi connectivity index (χ4n) is 2.35. The molecule has 0 atom stereocenters. The van der Waals surface area contributed by atoms with Crippen molar-refractivity contribution in [1.29, 1.82) is 0 Å². The summed E-state index contributed by atoms with van der Waals surface area (Å²) in [6, 6.07) is 9.04. The summed E-state index contributed by atoms with van der Waals surface area (Å²) in [5.74, 6) is 0.568. The number of amides is 1. The predicted octanol–water partition coefficient (Wildman–Crippen LogP) is 5.01. The number of hydrogen-bond acceptors (Lipinski definition) is 4. The molecule has 0 unspecified atom stereocenters. The van der Waals surface area contributed by atoms with Gasteiger partial charge in [-0.25, -0.2) is 0 Å². The molecule has 0 bridgehead atoms. The number of nitrogens with zero attached hydrogens (tertiary/aromatic N) is 1. The van der Waals surface area contributed by atoms with E-state index in [2.05, 4.69) is 10.3 Å². The maximum atomic E-state index is 11.9. The molecule has 2 rings (SSSR count). The van der Waals surface area contributed by atoms with Gasteiger partial charge < -0.3 is 15.8 Å². The summed E-state index contributed by atoms with van der Waals surface area (Å²) in [4.78, 5) is 16.0. The second-order valence-corrected chi connectivity index (χ2v) is 6.20. The number of ether oxygens (including phenoxy) is 1. The molecule has 150 valence electrons. The number of aromatic nitrogens is 1. The number of nitrogens with two attached hydrogens (primary N) is 1. The van der Waals surface area contributed by atoms with E-state index in [4.69, 9.17) is 22.1 Å². The van der Waals surface area contributed by atoms with Gasteiger partial charge in [0.1, 0.15) is 12.4 Å². The Morgan fingerprint density at radius 1 is 1.15 bits per heavy atom. The maximum absolute atomic E-state index is 11.9. The zero-order valence-electron chi connectivity index (χ0n) is 15.0. The summed E-state index contributed by atoms with van der Waals surface area (Å²) in [7, 11) is 0. The smallest absolute Gasteiger partial charge is 0.224 e. The Morgan fingerprint density at radius 3 is 2.59 bits per heavy atom. The first kappa shape index (κ1) is 25.5. The van der Waals surface area contributed by atoms with Gasteiger partial charge in [-0.1, -0.05) is 30.5 Å². The largest absolute Gasteiger partial charge is 0.487 e. The number of rotatable bonds is 10. The number of halogens is 3. The van der Waals surface area contributed by atoms with Gasteiger partial charge in [-0.15, -0.1) is 24.8 Å². The molecule has 1 aromatic heterocycles. The molecular formula is C19H26Cl3N3O2. The van der Waals surface area contributed by atoms with E-state index in [1.165, 1.54) is 0 Å². The van der Waals surface area contributed by atoms with E-state index in [0.717, 1.165) is 31.2 Å². The molecule has 2 aromatic rings. The van der Waals surface area contributed by atoms with Crippen LogP contribution in [0.5, 0.6) is 5.75 Å². The average Bonchev–Trinajstić information content (AvgIpc) is 2.62. The Hall–Kier alpha value is -1.53. The Morgan fingerprint density at radius 2 is 1.93 bits per heavy atom. The number of carbonyl (C=O) groups is 1. The van der Waals surface area contributed by atoms with Gasteiger partial charge in [-0.2, -0.15) is 0 Å². The minimum Gasteiger partial charge on any atom is -0.487 e. The van der Waals surface area contributed by atoms with Crippen molar-refractivity contribution in [1.82, 2.24) is 4.98 Å². The number of carbonyl (C=O) groups excluding carboxylic acids is 1. The van der Waals surface area contributed by atoms with Gasteiger partial charge >= 0.3 is 0 Å². The topological polar surface area (TPSA) is 77.2 Å². The standard InChI is InChI=1S/C19H24ClN3O2.2ClH/c20-17-12-16(23-19(24)7-3-1-2-4-10-21)8-9-18(17)25-14-15-6-5-11-22-13-15;;/h5-6,8-9,11-13H,1-4,7,10,14,21H2,(H,23,24);2*1H. The van der Waals surface area contributed by atoms with Crippen LogP contribution in [0.2, 0.25) is 5.02 Å². The minimum atomic E-state index is -0.00663. The molecule has 0 aliphatic carbocycles. The minimum absolute atomic E-state index is 0. The average molecular weight is 435 g/mol. The first-order chi connectivity index (χ1) is 12.2. The van der Waals surface area contributed by atoms with E-state index < -0.39 is 0 Å². The van der Waals surface area contributed by atoms with Crippen LogP contribution in [0.1, 0.15) is 37.7 Å². The zero-order chi connectivity index (χ0) is 17.9. The Balaban J connectivity index is 0.00000338. The van der Waals surface area contributed by atoms with Gasteiger partial charge in [0.15, 0.2) is 0 Å². The molecule has 1 aromatic carbocycles. The van der Waals surface area contributed by atoms with E-state index >= 15 is 0 Å². The summed E-state index contributed by atoms with van der Waals surface area (Å²) in [6.45, 7) is 1.10. The molecule has 0 aliphatic rings. The molecule has 5 nitrogen and oxygen atoms in total. The molecule has 1 amide bonds. The predicted molar refractivity (Wildman–Crippen MR) is 115 cm³/mol. The van der Waals surface area contributed by atoms with Crippen LogP contribution in [0.3, 0.4) is 0 Å². The first-order valence-electron chi connectivity index (χ1n) is 8.50. The van der Waals surface area contributed by atoms with Crippen molar-refractivity contribution >= 4 is 48.0 Å². The molecule has 0 fully saturated rings. The molecule has 0 saturated carbocycles. The van der Waals surface area contributed by atoms with Crippen LogP contribution < -0.4 is 15.8 Å². The van der Waals surface area contributed by atoms with Gasteiger partial charge in [-0.3, -0.25) is 9.78 Å². The molecule has 0 aliphatic heterocycles. The summed E-state index contributed by atoms with van der Waals surface area (Å²) >= 11 is 6.24. The highest BCUT2D eigenvalue weighted by Crippen LogP contribution is 2.28. The SMILES string of the molecule is Cl.Cl.NCCCCCCC(=O)Nc1ccc(OCc2cccnc2)c(Cl)c1. The zero-order valence-corrected chi connectivity index (χ0v) is 17.4. The van der Waals surface area contributed by atoms with E-state index in [0.29, 0.717) is 36.0 Å². The molecule has 0 radical (unpaired) electrons. The summed E-state index contributed by atoms with van der Waals surface area (Å²) in [5, 5.41) is 3.32. The van der Waals surface area contributed by atoms with Crippen LogP contribution in [-0.4, -0.2) is 17.4 Å². The van der Waals surface area contributed by atoms with Crippen LogP contribution in [0, 0.1) is 0 Å². The van der Waals surface area contributed by atoms with Gasteiger partial charge in [-0.05, 0) is 43.7 Å². The third-order valence-electron chi connectivity index (χ3n) is 3.69. The number of pyridine rings is 1. The molecule has 27 heavy (non-hydrogen) atoms. The monoisotopic (exact) mass is 433 g/mol. The molecular weight excluding hydrogens is 409 g/mol.